The minimum absolute atomic E-state index is 0.0205. The number of fused-ring (bicyclic) bond motifs is 1. The molecular formula is C18H19NO6. The Morgan fingerprint density at radius 1 is 1.12 bits per heavy atom. The van der Waals surface area contributed by atoms with Gasteiger partial charge in [-0.3, -0.25) is 0 Å². The largest absolute Gasteiger partial charge is 0.493 e. The van der Waals surface area contributed by atoms with Gasteiger partial charge in [0, 0.05) is 22.9 Å². The Kier molecular flexibility index (Phi) is 6.22. The second-order valence-corrected chi connectivity index (χ2v) is 4.84. The molecule has 0 saturated heterocycles. The summed E-state index contributed by atoms with van der Waals surface area (Å²) < 4.78 is 20.8. The number of carbonyl (C=O) groups excluding carboxylic acids is 2. The first kappa shape index (κ1) is 18.1. The Morgan fingerprint density at radius 3 is 2.48 bits per heavy atom. The molecule has 25 heavy (non-hydrogen) atoms. The molecule has 1 N–H and O–H groups in total. The molecule has 0 heterocycles. The highest BCUT2D eigenvalue weighted by Gasteiger charge is 2.16. The molecule has 0 saturated carbocycles. The smallest absolute Gasteiger partial charge is 0.412 e. The lowest BCUT2D eigenvalue weighted by atomic mass is 10.1. The predicted molar refractivity (Wildman–Crippen MR) is 92.2 cm³/mol. The molecule has 0 fully saturated rings. The van der Waals surface area contributed by atoms with Gasteiger partial charge in [-0.25, -0.2) is 9.59 Å². The van der Waals surface area contributed by atoms with Crippen LogP contribution in [-0.4, -0.2) is 39.4 Å². The van der Waals surface area contributed by atoms with E-state index in [-0.39, 0.29) is 13.2 Å². The first-order chi connectivity index (χ1) is 12.1. The van der Waals surface area contributed by atoms with E-state index in [2.05, 4.69) is 11.9 Å². The van der Waals surface area contributed by atoms with Crippen molar-refractivity contribution in [2.24, 2.45) is 0 Å². The molecule has 0 aliphatic carbocycles. The van der Waals surface area contributed by atoms with Gasteiger partial charge in [0.2, 0.25) is 0 Å². The highest BCUT2D eigenvalue weighted by Crippen LogP contribution is 2.41. The lowest BCUT2D eigenvalue weighted by Gasteiger charge is -2.14. The summed E-state index contributed by atoms with van der Waals surface area (Å²) in [6.07, 6.45) is 0.376. The number of rotatable bonds is 7. The maximum Gasteiger partial charge on any atom is 0.412 e. The number of hydrogen-bond donors (Lipinski definition) is 1. The molecule has 0 unspecified atom stereocenters. The quantitative estimate of drug-likeness (QED) is 0.472. The lowest BCUT2D eigenvalue weighted by Crippen LogP contribution is -2.30. The highest BCUT2D eigenvalue weighted by atomic mass is 16.6. The summed E-state index contributed by atoms with van der Waals surface area (Å²) in [7, 11) is 3.05. The van der Waals surface area contributed by atoms with Crippen molar-refractivity contribution in [3.8, 4) is 17.2 Å². The summed E-state index contributed by atoms with van der Waals surface area (Å²) in [5.41, 5.74) is 0. The minimum Gasteiger partial charge on any atom is -0.493 e. The van der Waals surface area contributed by atoms with Gasteiger partial charge >= 0.3 is 12.1 Å². The number of nitrogens with one attached hydrogen (secondary N) is 1. The second-order valence-electron chi connectivity index (χ2n) is 4.84. The van der Waals surface area contributed by atoms with Gasteiger partial charge < -0.3 is 24.3 Å². The third-order valence-corrected chi connectivity index (χ3v) is 3.33. The van der Waals surface area contributed by atoms with Gasteiger partial charge in [-0.05, 0) is 0 Å². The molecule has 7 heteroatoms. The molecule has 0 aliphatic rings. The lowest BCUT2D eigenvalue weighted by molar-refractivity contribution is -0.137. The van der Waals surface area contributed by atoms with Crippen LogP contribution in [0.4, 0.5) is 4.79 Å². The van der Waals surface area contributed by atoms with Crippen LogP contribution >= 0.6 is 0 Å². The first-order valence-electron chi connectivity index (χ1n) is 7.49. The van der Waals surface area contributed by atoms with Crippen molar-refractivity contribution in [2.75, 3.05) is 27.4 Å². The predicted octanol–water partition coefficient (Wildman–Crippen LogP) is 2.67. The standard InChI is InChI=1S/C18H19NO6/c1-4-16(20)24-10-9-19-18(21)25-14-11-15(22-2)17(23-3)13-8-6-5-7-12(13)14/h4-8,11H,1,9-10H2,2-3H3,(H,19,21). The van der Waals surface area contributed by atoms with Crippen LogP contribution in [-0.2, 0) is 9.53 Å². The zero-order valence-electron chi connectivity index (χ0n) is 14.0. The van der Waals surface area contributed by atoms with E-state index in [0.717, 1.165) is 11.5 Å². The van der Waals surface area contributed by atoms with Crippen LogP contribution in [0.1, 0.15) is 0 Å². The van der Waals surface area contributed by atoms with E-state index in [1.807, 2.05) is 24.3 Å². The third-order valence-electron chi connectivity index (χ3n) is 3.33. The maximum absolute atomic E-state index is 12.0. The van der Waals surface area contributed by atoms with Crippen LogP contribution in [0.2, 0.25) is 0 Å². The number of hydrogen-bond acceptors (Lipinski definition) is 6. The summed E-state index contributed by atoms with van der Waals surface area (Å²) in [6.45, 7) is 3.42. The van der Waals surface area contributed by atoms with Crippen molar-refractivity contribution in [3.05, 3.63) is 43.0 Å². The summed E-state index contributed by atoms with van der Waals surface area (Å²) in [5.74, 6) is 0.779. The highest BCUT2D eigenvalue weighted by molar-refractivity contribution is 5.96. The van der Waals surface area contributed by atoms with Crippen LogP contribution in [0.25, 0.3) is 10.8 Å². The molecule has 7 nitrogen and oxygen atoms in total. The van der Waals surface area contributed by atoms with Crippen molar-refractivity contribution in [3.63, 3.8) is 0 Å². The number of methoxy groups -OCH3 is 2. The average Bonchev–Trinajstić information content (AvgIpc) is 2.64. The van der Waals surface area contributed by atoms with E-state index in [4.69, 9.17) is 18.9 Å². The Hall–Kier alpha value is -3.22. The van der Waals surface area contributed by atoms with Crippen molar-refractivity contribution >= 4 is 22.8 Å². The molecule has 0 spiro atoms. The van der Waals surface area contributed by atoms with E-state index in [0.29, 0.717) is 22.6 Å². The second kappa shape index (κ2) is 8.58. The molecule has 0 aliphatic heterocycles. The normalized spacial score (nSPS) is 10.0. The molecule has 0 aromatic heterocycles. The summed E-state index contributed by atoms with van der Waals surface area (Å²) >= 11 is 0. The average molecular weight is 345 g/mol. The maximum atomic E-state index is 12.0. The molecule has 0 radical (unpaired) electrons. The summed E-state index contributed by atoms with van der Waals surface area (Å²) in [4.78, 5) is 22.9. The summed E-state index contributed by atoms with van der Waals surface area (Å²) in [6, 6.07) is 8.91. The van der Waals surface area contributed by atoms with Gasteiger partial charge in [-0.2, -0.15) is 0 Å². The summed E-state index contributed by atoms with van der Waals surface area (Å²) in [5, 5.41) is 3.96. The van der Waals surface area contributed by atoms with Gasteiger partial charge in [0.1, 0.15) is 12.4 Å². The van der Waals surface area contributed by atoms with E-state index < -0.39 is 12.1 Å². The number of esters is 1. The van der Waals surface area contributed by atoms with Crippen LogP contribution < -0.4 is 19.5 Å². The zero-order valence-corrected chi connectivity index (χ0v) is 14.0. The van der Waals surface area contributed by atoms with Crippen LogP contribution in [0.3, 0.4) is 0 Å². The van der Waals surface area contributed by atoms with E-state index >= 15 is 0 Å². The molecule has 132 valence electrons. The van der Waals surface area contributed by atoms with Gasteiger partial charge in [0.05, 0.1) is 20.8 Å². The molecule has 1 amide bonds. The Labute approximate surface area is 145 Å². The fourth-order valence-corrected chi connectivity index (χ4v) is 2.24. The third kappa shape index (κ3) is 4.41. The molecule has 0 bridgehead atoms. The number of carbonyl (C=O) groups is 2. The van der Waals surface area contributed by atoms with Crippen molar-refractivity contribution in [1.29, 1.82) is 0 Å². The van der Waals surface area contributed by atoms with E-state index in [1.165, 1.54) is 7.11 Å². The van der Waals surface area contributed by atoms with Crippen LogP contribution in [0, 0.1) is 0 Å². The van der Waals surface area contributed by atoms with Gasteiger partial charge in [0.25, 0.3) is 0 Å². The topological polar surface area (TPSA) is 83.1 Å². The first-order valence-corrected chi connectivity index (χ1v) is 7.49. The monoisotopic (exact) mass is 345 g/mol. The Balaban J connectivity index is 2.13. The minimum atomic E-state index is -0.674. The van der Waals surface area contributed by atoms with Crippen LogP contribution in [0.5, 0.6) is 17.2 Å². The Morgan fingerprint density at radius 2 is 1.84 bits per heavy atom. The SMILES string of the molecule is C=CC(=O)OCCNC(=O)Oc1cc(OC)c(OC)c2ccccc12. The van der Waals surface area contributed by atoms with E-state index in [9.17, 15) is 9.59 Å². The molecule has 2 aromatic rings. The fraction of sp³-hybridized carbons (Fsp3) is 0.222. The Bertz CT molecular complexity index is 786. The van der Waals surface area contributed by atoms with Gasteiger partial charge in [-0.15, -0.1) is 0 Å². The van der Waals surface area contributed by atoms with E-state index in [1.54, 1.807) is 13.2 Å². The van der Waals surface area contributed by atoms with Gasteiger partial charge in [-0.1, -0.05) is 30.8 Å². The molecular weight excluding hydrogens is 326 g/mol. The van der Waals surface area contributed by atoms with Crippen molar-refractivity contribution in [2.45, 2.75) is 0 Å². The number of ether oxygens (including phenoxy) is 4. The number of amides is 1. The molecule has 2 rings (SSSR count). The van der Waals surface area contributed by atoms with Gasteiger partial charge in [0.15, 0.2) is 11.5 Å². The van der Waals surface area contributed by atoms with Crippen LogP contribution in [0.15, 0.2) is 43.0 Å². The zero-order chi connectivity index (χ0) is 18.2. The van der Waals surface area contributed by atoms with Crippen molar-refractivity contribution < 1.29 is 28.5 Å². The number of benzene rings is 2. The molecule has 0 atom stereocenters. The fourth-order valence-electron chi connectivity index (χ4n) is 2.24. The van der Waals surface area contributed by atoms with Crippen molar-refractivity contribution in [1.82, 2.24) is 5.32 Å². The molecule has 2 aromatic carbocycles.